The molecule has 0 aromatic carbocycles. The largest absolute Gasteiger partial charge is 0.481 e. The Hall–Kier alpha value is -2.54. The van der Waals surface area contributed by atoms with Gasteiger partial charge in [-0.2, -0.15) is 0 Å². The fourth-order valence-corrected chi connectivity index (χ4v) is 7.29. The molecule has 14 nitrogen and oxygen atoms in total. The molecule has 3 aliphatic rings. The number of rotatable bonds is 14. The van der Waals surface area contributed by atoms with Crippen LogP contribution in [0.2, 0.25) is 0 Å². The molecular formula is C37H70N4O10. The van der Waals surface area contributed by atoms with Gasteiger partial charge in [-0.25, -0.2) is 19.6 Å². The summed E-state index contributed by atoms with van der Waals surface area (Å²) < 4.78 is 0. The van der Waals surface area contributed by atoms with Gasteiger partial charge in [0.2, 0.25) is 12.2 Å². The highest BCUT2D eigenvalue weighted by molar-refractivity contribution is 5.67. The van der Waals surface area contributed by atoms with Gasteiger partial charge in [0.25, 0.3) is 0 Å². The number of hydrogen-bond donors (Lipinski definition) is 8. The van der Waals surface area contributed by atoms with E-state index in [2.05, 4.69) is 30.8 Å². The SMILES string of the molecule is CC1(C)CC(N)CC(C)(CN)C1.O=C(O)CCCCC(=O)O.O=C=NC1CCC(CC2CCC(N=C=O)CC2)CC1.OCCCCO.OCCO. The van der Waals surface area contributed by atoms with E-state index in [4.69, 9.17) is 42.1 Å². The van der Waals surface area contributed by atoms with Crippen LogP contribution in [0.15, 0.2) is 9.98 Å². The van der Waals surface area contributed by atoms with Crippen LogP contribution in [-0.4, -0.2) is 106 Å². The molecule has 0 amide bonds. The number of aliphatic hydroxyl groups is 4. The van der Waals surface area contributed by atoms with E-state index in [-0.39, 0.29) is 56.8 Å². The second kappa shape index (κ2) is 31.0. The molecule has 2 atom stereocenters. The minimum absolute atomic E-state index is 0.0628. The van der Waals surface area contributed by atoms with Crippen molar-refractivity contribution in [3.63, 3.8) is 0 Å². The van der Waals surface area contributed by atoms with E-state index in [0.717, 1.165) is 69.7 Å². The zero-order valence-corrected chi connectivity index (χ0v) is 31.5. The molecule has 51 heavy (non-hydrogen) atoms. The van der Waals surface area contributed by atoms with Crippen LogP contribution in [0.5, 0.6) is 0 Å². The molecular weight excluding hydrogens is 660 g/mol. The van der Waals surface area contributed by atoms with Crippen molar-refractivity contribution in [1.29, 1.82) is 0 Å². The summed E-state index contributed by atoms with van der Waals surface area (Å²) in [6.07, 6.45) is 19.5. The molecule has 3 fully saturated rings. The Bertz CT molecular complexity index is 930. The first-order valence-electron chi connectivity index (χ1n) is 18.6. The Morgan fingerprint density at radius 2 is 1.06 bits per heavy atom. The molecule has 0 heterocycles. The van der Waals surface area contributed by atoms with Crippen molar-refractivity contribution >= 4 is 24.1 Å². The van der Waals surface area contributed by atoms with Crippen molar-refractivity contribution in [1.82, 2.24) is 0 Å². The number of carbonyl (C=O) groups excluding carboxylic acids is 2. The third-order valence-corrected chi connectivity index (χ3v) is 9.44. The normalized spacial score (nSPS) is 26.2. The summed E-state index contributed by atoms with van der Waals surface area (Å²) in [6, 6.07) is 0.806. The van der Waals surface area contributed by atoms with Crippen LogP contribution in [0.4, 0.5) is 0 Å². The Balaban J connectivity index is 0. The lowest BCUT2D eigenvalue weighted by Crippen LogP contribution is -2.45. The van der Waals surface area contributed by atoms with Crippen molar-refractivity contribution in [2.75, 3.05) is 33.0 Å². The number of carbonyl (C=O) groups is 2. The van der Waals surface area contributed by atoms with Crippen molar-refractivity contribution in [3.8, 4) is 0 Å². The average Bonchev–Trinajstić information content (AvgIpc) is 3.07. The summed E-state index contributed by atoms with van der Waals surface area (Å²) in [7, 11) is 0. The number of carboxylic acid groups (broad SMARTS) is 2. The molecule has 3 aliphatic carbocycles. The van der Waals surface area contributed by atoms with Gasteiger partial charge >= 0.3 is 11.9 Å². The van der Waals surface area contributed by atoms with Gasteiger partial charge in [-0.1, -0.05) is 20.8 Å². The first-order valence-corrected chi connectivity index (χ1v) is 18.6. The van der Waals surface area contributed by atoms with Crippen molar-refractivity contribution < 1.29 is 49.8 Å². The van der Waals surface area contributed by atoms with Gasteiger partial charge in [-0.15, -0.1) is 0 Å². The lowest BCUT2D eigenvalue weighted by Gasteiger charge is -2.45. The zero-order chi connectivity index (χ0) is 39.1. The molecule has 0 bridgehead atoms. The Morgan fingerprint density at radius 3 is 1.33 bits per heavy atom. The third kappa shape index (κ3) is 29.7. The number of hydrogen-bond acceptors (Lipinski definition) is 12. The van der Waals surface area contributed by atoms with Crippen LogP contribution >= 0.6 is 0 Å². The predicted octanol–water partition coefficient (Wildman–Crippen LogP) is 4.09. The molecule has 0 aliphatic heterocycles. The van der Waals surface area contributed by atoms with Gasteiger partial charge < -0.3 is 42.1 Å². The monoisotopic (exact) mass is 731 g/mol. The maximum absolute atomic E-state index is 10.2. The fourth-order valence-electron chi connectivity index (χ4n) is 7.29. The number of nitrogens with zero attached hydrogens (tertiary/aromatic N) is 2. The summed E-state index contributed by atoms with van der Waals surface area (Å²) >= 11 is 0. The molecule has 2 unspecified atom stereocenters. The quantitative estimate of drug-likeness (QED) is 0.0713. The van der Waals surface area contributed by atoms with Crippen LogP contribution in [0.25, 0.3) is 0 Å². The Kier molecular flexibility index (Phi) is 30.8. The minimum Gasteiger partial charge on any atom is -0.481 e. The number of nitrogens with two attached hydrogens (primary N) is 2. The zero-order valence-electron chi connectivity index (χ0n) is 31.5. The highest BCUT2D eigenvalue weighted by Crippen LogP contribution is 2.44. The summed E-state index contributed by atoms with van der Waals surface area (Å²) in [5.41, 5.74) is 12.4. The van der Waals surface area contributed by atoms with E-state index in [1.54, 1.807) is 12.2 Å². The van der Waals surface area contributed by atoms with E-state index < -0.39 is 11.9 Å². The molecule has 0 aromatic heterocycles. The van der Waals surface area contributed by atoms with E-state index in [1.165, 1.54) is 38.5 Å². The maximum Gasteiger partial charge on any atom is 0.303 e. The van der Waals surface area contributed by atoms with Crippen molar-refractivity contribution in [2.24, 2.45) is 44.1 Å². The smallest absolute Gasteiger partial charge is 0.303 e. The summed E-state index contributed by atoms with van der Waals surface area (Å²) in [4.78, 5) is 47.9. The number of unbranched alkanes of at least 4 members (excludes halogenated alkanes) is 2. The number of aliphatic imine (C=N–C) groups is 2. The van der Waals surface area contributed by atoms with Gasteiger partial charge in [0, 0.05) is 32.1 Å². The molecule has 298 valence electrons. The molecule has 0 radical (unpaired) electrons. The standard InChI is InChI=1S/C15H22N2O2.C10H22N2.C6H10O4.C4H10O2.C2H6O2/c18-10-16-14-5-1-12(2-6-14)9-13-3-7-15(8-4-13)17-11-19;1-9(2)4-8(12)5-10(3,6-9)7-11;7-5(8)3-1-2-4-6(9)10;5-3-1-2-4-6;3-1-2-4/h12-15H,1-9H2;8H,4-7,11-12H2,1-3H3;1-4H2,(H,7,8)(H,9,10);5-6H,1-4H2;3-4H,1-2H2. The van der Waals surface area contributed by atoms with E-state index in [0.29, 0.717) is 24.3 Å². The predicted molar refractivity (Wildman–Crippen MR) is 196 cm³/mol. The van der Waals surface area contributed by atoms with Gasteiger partial charge in [0.15, 0.2) is 0 Å². The average molecular weight is 731 g/mol. The van der Waals surface area contributed by atoms with E-state index in [1.807, 2.05) is 0 Å². The van der Waals surface area contributed by atoms with Crippen molar-refractivity contribution in [2.45, 2.75) is 154 Å². The lowest BCUT2D eigenvalue weighted by molar-refractivity contribution is -0.139. The Morgan fingerprint density at radius 1 is 0.667 bits per heavy atom. The fraction of sp³-hybridized carbons (Fsp3) is 0.892. The molecule has 14 heteroatoms. The highest BCUT2D eigenvalue weighted by atomic mass is 16.4. The lowest BCUT2D eigenvalue weighted by atomic mass is 9.63. The second-order valence-corrected chi connectivity index (χ2v) is 15.1. The number of aliphatic carboxylic acids is 2. The van der Waals surface area contributed by atoms with Gasteiger partial charge in [0.05, 0.1) is 25.3 Å². The van der Waals surface area contributed by atoms with Crippen LogP contribution in [0.1, 0.15) is 136 Å². The van der Waals surface area contributed by atoms with E-state index in [9.17, 15) is 19.2 Å². The minimum atomic E-state index is -0.870. The second-order valence-electron chi connectivity index (χ2n) is 15.1. The van der Waals surface area contributed by atoms with Gasteiger partial charge in [-0.3, -0.25) is 9.59 Å². The third-order valence-electron chi connectivity index (χ3n) is 9.44. The van der Waals surface area contributed by atoms with Crippen LogP contribution in [0, 0.1) is 22.7 Å². The first kappa shape index (κ1) is 50.6. The highest BCUT2D eigenvalue weighted by Gasteiger charge is 2.39. The number of carboxylic acids is 2. The van der Waals surface area contributed by atoms with Crippen LogP contribution in [-0.2, 0) is 19.2 Å². The topological polar surface area (TPSA) is 266 Å². The van der Waals surface area contributed by atoms with E-state index >= 15 is 0 Å². The maximum atomic E-state index is 10.2. The number of isocyanates is 2. The first-order chi connectivity index (χ1) is 24.1. The molecule has 10 N–H and O–H groups in total. The molecule has 3 rings (SSSR count). The Labute approximate surface area is 305 Å². The number of aliphatic hydroxyl groups excluding tert-OH is 4. The molecule has 3 saturated carbocycles. The summed E-state index contributed by atoms with van der Waals surface area (Å²) in [5, 5.41) is 47.7. The molecule has 0 aromatic rings. The summed E-state index contributed by atoms with van der Waals surface area (Å²) in [6.45, 7) is 7.75. The molecule has 0 spiro atoms. The molecule has 0 saturated heterocycles. The van der Waals surface area contributed by atoms with Gasteiger partial charge in [-0.05, 0) is 132 Å². The van der Waals surface area contributed by atoms with Gasteiger partial charge in [0.1, 0.15) is 0 Å². The van der Waals surface area contributed by atoms with Crippen molar-refractivity contribution in [3.05, 3.63) is 0 Å². The van der Waals surface area contributed by atoms with Crippen LogP contribution in [0.3, 0.4) is 0 Å². The van der Waals surface area contributed by atoms with Crippen LogP contribution < -0.4 is 11.5 Å². The summed E-state index contributed by atoms with van der Waals surface area (Å²) in [5.74, 6) is -0.140.